The Morgan fingerprint density at radius 3 is 2.39 bits per heavy atom. The third-order valence-corrected chi connectivity index (χ3v) is 7.65. The van der Waals surface area contributed by atoms with Crippen LogP contribution in [0, 0.1) is 19.8 Å². The molecular formula is C37H48N4O5. The van der Waals surface area contributed by atoms with Gasteiger partial charge in [-0.3, -0.25) is 9.59 Å². The second-order valence-electron chi connectivity index (χ2n) is 11.7. The molecular weight excluding hydrogens is 580 g/mol. The fourth-order valence-electron chi connectivity index (χ4n) is 5.48. The van der Waals surface area contributed by atoms with Crippen molar-refractivity contribution in [2.75, 3.05) is 19.7 Å². The maximum Gasteiger partial charge on any atom is 0.318 e. The van der Waals surface area contributed by atoms with Gasteiger partial charge in [0.2, 0.25) is 5.91 Å². The Morgan fingerprint density at radius 2 is 1.74 bits per heavy atom. The van der Waals surface area contributed by atoms with Crippen LogP contribution in [0.15, 0.2) is 78.7 Å². The van der Waals surface area contributed by atoms with Crippen molar-refractivity contribution in [3.8, 4) is 5.75 Å². The van der Waals surface area contributed by atoms with Gasteiger partial charge in [-0.1, -0.05) is 92.6 Å². The van der Waals surface area contributed by atoms with E-state index in [4.69, 9.17) is 11.6 Å². The van der Waals surface area contributed by atoms with Gasteiger partial charge in [0.15, 0.2) is 6.61 Å². The Labute approximate surface area is 284 Å². The number of urea groups is 1. The van der Waals surface area contributed by atoms with Crippen LogP contribution in [0.25, 0.3) is 0 Å². The molecule has 0 unspecified atom stereocenters. The fraction of sp³-hybridized carbons (Fsp3) is 0.432. The number of amides is 4. The topological polar surface area (TPSA) is 120 Å². The Balaban J connectivity index is 1.76. The van der Waals surface area contributed by atoms with Gasteiger partial charge < -0.3 is 30.7 Å². The molecule has 1 aliphatic rings. The number of hydrogen-bond donors (Lipinski definition) is 4. The second kappa shape index (κ2) is 16.8. The molecule has 9 nitrogen and oxygen atoms in total. The van der Waals surface area contributed by atoms with E-state index in [1.807, 2.05) is 0 Å². The number of ether oxygens (including phenoxy) is 1. The molecule has 4 atom stereocenters. The van der Waals surface area contributed by atoms with Crippen LogP contribution in [0.3, 0.4) is 0 Å². The predicted molar refractivity (Wildman–Crippen MR) is 180 cm³/mol. The van der Waals surface area contributed by atoms with E-state index in [1.165, 1.54) is 4.90 Å². The first-order valence-electron chi connectivity index (χ1n) is 19.5. The largest absolute Gasteiger partial charge is 0.483 e. The van der Waals surface area contributed by atoms with Gasteiger partial charge in [0.05, 0.1) is 20.3 Å². The number of aliphatic hydroxyl groups is 1. The first-order chi connectivity index (χ1) is 25.3. The quantitative estimate of drug-likeness (QED) is 0.198. The molecule has 0 aromatic heterocycles. The van der Waals surface area contributed by atoms with Gasteiger partial charge in [0.25, 0.3) is 5.91 Å². The molecule has 0 aliphatic carbocycles. The highest BCUT2D eigenvalue weighted by atomic mass is 16.5. The number of nitrogens with zero attached hydrogens (tertiary/aromatic N) is 1. The van der Waals surface area contributed by atoms with Gasteiger partial charge in [0, 0.05) is 21.9 Å². The molecule has 4 amide bonds. The number of nitrogens with one attached hydrogen (secondary N) is 3. The van der Waals surface area contributed by atoms with Gasteiger partial charge in [-0.05, 0) is 67.7 Å². The number of carbonyl (C=O) groups excluding carboxylic acids is 3. The lowest BCUT2D eigenvalue weighted by Crippen LogP contribution is -2.59. The monoisotopic (exact) mass is 636 g/mol. The zero-order chi connectivity index (χ0) is 40.1. The average molecular weight is 637 g/mol. The van der Waals surface area contributed by atoms with Crippen LogP contribution in [0.4, 0.5) is 4.79 Å². The summed E-state index contributed by atoms with van der Waals surface area (Å²) in [6.45, 7) is 7.18. The van der Waals surface area contributed by atoms with Crippen LogP contribution < -0.4 is 20.7 Å². The summed E-state index contributed by atoms with van der Waals surface area (Å²) in [5.41, 5.74) is 1.17. The minimum atomic E-state index is -3.33. The number of aryl methyl sites for hydroxylation is 2. The highest BCUT2D eigenvalue weighted by molar-refractivity contribution is 5.87. The molecule has 4 N–H and O–H groups in total. The third-order valence-electron chi connectivity index (χ3n) is 7.65. The Kier molecular flexibility index (Phi) is 9.06. The van der Waals surface area contributed by atoms with Crippen LogP contribution >= 0.6 is 0 Å². The van der Waals surface area contributed by atoms with Crippen LogP contribution in [0.5, 0.6) is 5.75 Å². The van der Waals surface area contributed by atoms with E-state index >= 15 is 0 Å². The number of hydrogen-bond acceptors (Lipinski definition) is 5. The molecule has 0 radical (unpaired) electrons. The molecule has 3 aromatic carbocycles. The fourth-order valence-corrected chi connectivity index (χ4v) is 5.48. The van der Waals surface area contributed by atoms with Crippen molar-refractivity contribution in [1.82, 2.24) is 20.9 Å². The lowest BCUT2D eigenvalue weighted by atomic mass is 9.92. The SMILES string of the molecule is [2H]c1c([2H])c([2H])c(C([2H])([2H])[C@]([2H])(NC(=O)COc2c(C)cccc2C)[C@@H](O)C[C@H](Cc2ccccc2)NC(=O)[C@H](C(C)C)N2CCCNC2=O)c([2H])c1[2H]. The molecule has 3 aromatic rings. The lowest BCUT2D eigenvalue weighted by Gasteiger charge is -2.37. The van der Waals surface area contributed by atoms with Crippen molar-refractivity contribution in [3.05, 3.63) is 101 Å². The van der Waals surface area contributed by atoms with Crippen molar-refractivity contribution < 1.29 is 35.2 Å². The van der Waals surface area contributed by atoms with Gasteiger partial charge >= 0.3 is 6.03 Å². The zero-order valence-electron chi connectivity index (χ0n) is 34.7. The molecule has 1 saturated heterocycles. The summed E-state index contributed by atoms with van der Waals surface area (Å²) in [5.74, 6) is -1.54. The normalized spacial score (nSPS) is 19.3. The Morgan fingerprint density at radius 1 is 1.04 bits per heavy atom. The molecule has 1 fully saturated rings. The minimum absolute atomic E-state index is 0.0814. The standard InChI is InChI=1S/C37H48N4O5/c1-25(2)34(41-20-12-19-38-37(41)45)36(44)39-30(21-28-15-7-5-8-16-28)23-32(42)31(22-29-17-9-6-10-18-29)40-33(43)24-46-35-26(3)13-11-14-27(35)4/h5-11,13-18,25,30-32,34,42H,12,19-24H2,1-4H3,(H,38,45)(H,39,44)(H,40,43)/t30-,31-,32-,34-/m0/s1/i6D,9D,10D,17D,18D,22D2,31D. The summed E-state index contributed by atoms with van der Waals surface area (Å²) < 4.78 is 75.1. The van der Waals surface area contributed by atoms with E-state index in [-0.39, 0.29) is 12.3 Å². The molecule has 1 aliphatic heterocycles. The van der Waals surface area contributed by atoms with Crippen molar-refractivity contribution in [2.24, 2.45) is 5.92 Å². The minimum Gasteiger partial charge on any atom is -0.483 e. The van der Waals surface area contributed by atoms with Crippen molar-refractivity contribution in [1.29, 1.82) is 0 Å². The second-order valence-corrected chi connectivity index (χ2v) is 11.7. The van der Waals surface area contributed by atoms with Crippen LogP contribution in [0.2, 0.25) is 0 Å². The highest BCUT2D eigenvalue weighted by Crippen LogP contribution is 2.22. The number of para-hydroxylation sites is 1. The smallest absolute Gasteiger partial charge is 0.318 e. The molecule has 246 valence electrons. The summed E-state index contributed by atoms with van der Waals surface area (Å²) in [4.78, 5) is 41.8. The first kappa shape index (κ1) is 24.8. The summed E-state index contributed by atoms with van der Waals surface area (Å²) in [6, 6.07) is 4.31. The van der Waals surface area contributed by atoms with E-state index in [2.05, 4.69) is 16.0 Å². The molecule has 0 saturated carbocycles. The highest BCUT2D eigenvalue weighted by Gasteiger charge is 2.35. The molecule has 4 rings (SSSR count). The molecule has 0 spiro atoms. The number of rotatable bonds is 15. The number of benzene rings is 3. The number of aliphatic hydroxyl groups excluding tert-OH is 1. The molecule has 46 heavy (non-hydrogen) atoms. The maximum absolute atomic E-state index is 14.0. The third kappa shape index (κ3) is 9.81. The summed E-state index contributed by atoms with van der Waals surface area (Å²) in [7, 11) is 0. The Hall–Kier alpha value is -4.37. The van der Waals surface area contributed by atoms with E-state index in [0.29, 0.717) is 42.0 Å². The van der Waals surface area contributed by atoms with E-state index in [1.54, 1.807) is 76.2 Å². The summed E-state index contributed by atoms with van der Waals surface area (Å²) in [5, 5.41) is 19.9. The van der Waals surface area contributed by atoms with Crippen LogP contribution in [-0.2, 0) is 22.4 Å². The van der Waals surface area contributed by atoms with Gasteiger partial charge in [-0.15, -0.1) is 0 Å². The summed E-state index contributed by atoms with van der Waals surface area (Å²) >= 11 is 0. The zero-order valence-corrected chi connectivity index (χ0v) is 26.7. The molecule has 1 heterocycles. The predicted octanol–water partition coefficient (Wildman–Crippen LogP) is 4.33. The average Bonchev–Trinajstić information content (AvgIpc) is 3.10. The van der Waals surface area contributed by atoms with Crippen LogP contribution in [0.1, 0.15) is 59.9 Å². The maximum atomic E-state index is 14.0. The number of carbonyl (C=O) groups is 3. The van der Waals surface area contributed by atoms with Crippen LogP contribution in [-0.4, -0.2) is 71.8 Å². The Bertz CT molecular complexity index is 1800. The van der Waals surface area contributed by atoms with Gasteiger partial charge in [-0.2, -0.15) is 0 Å². The first-order valence-corrected chi connectivity index (χ1v) is 15.5. The summed E-state index contributed by atoms with van der Waals surface area (Å²) in [6.07, 6.45) is -5.34. The van der Waals surface area contributed by atoms with Crippen molar-refractivity contribution >= 4 is 17.8 Å². The molecule has 0 bridgehead atoms. The van der Waals surface area contributed by atoms with E-state index < -0.39 is 97.2 Å². The van der Waals surface area contributed by atoms with Crippen molar-refractivity contribution in [2.45, 2.75) is 77.5 Å². The van der Waals surface area contributed by atoms with Crippen molar-refractivity contribution in [3.63, 3.8) is 0 Å². The molecule has 9 heteroatoms. The van der Waals surface area contributed by atoms with E-state index in [0.717, 1.165) is 0 Å². The van der Waals surface area contributed by atoms with Gasteiger partial charge in [-0.25, -0.2) is 4.79 Å². The lowest BCUT2D eigenvalue weighted by molar-refractivity contribution is -0.128. The van der Waals surface area contributed by atoms with Gasteiger partial charge in [0.1, 0.15) is 11.8 Å². The van der Waals surface area contributed by atoms with E-state index in [9.17, 15) is 23.6 Å².